The van der Waals surface area contributed by atoms with Crippen LogP contribution in [0.15, 0.2) is 24.3 Å². The van der Waals surface area contributed by atoms with Crippen molar-refractivity contribution in [3.8, 4) is 0 Å². The van der Waals surface area contributed by atoms with Crippen LogP contribution in [0.1, 0.15) is 45.7 Å². The molecule has 1 unspecified atom stereocenters. The van der Waals surface area contributed by atoms with Crippen LogP contribution in [-0.2, 0) is 4.74 Å². The highest BCUT2D eigenvalue weighted by Gasteiger charge is 2.12. The number of ether oxygens (including phenoxy) is 1. The topological polar surface area (TPSA) is 50.4 Å². The van der Waals surface area contributed by atoms with Crippen LogP contribution in [0.5, 0.6) is 0 Å². The number of hydrogen-bond acceptors (Lipinski definition) is 3. The normalized spacial score (nSPS) is 12.3. The van der Waals surface area contributed by atoms with Crippen LogP contribution in [0.25, 0.3) is 0 Å². The molecule has 0 fully saturated rings. The molecule has 0 bridgehead atoms. The Morgan fingerprint density at radius 3 is 2.58 bits per heavy atom. The number of rotatable bonds is 6. The Morgan fingerprint density at radius 2 is 1.95 bits per heavy atom. The van der Waals surface area contributed by atoms with Crippen LogP contribution in [-0.4, -0.2) is 18.7 Å². The van der Waals surface area contributed by atoms with Gasteiger partial charge in [0.2, 0.25) is 0 Å². The van der Waals surface area contributed by atoms with Crippen LogP contribution in [0, 0.1) is 0 Å². The third-order valence-corrected chi connectivity index (χ3v) is 2.71. The van der Waals surface area contributed by atoms with Gasteiger partial charge in [-0.3, -0.25) is 5.32 Å². The highest BCUT2D eigenvalue weighted by atomic mass is 16.6. The molecule has 4 nitrogen and oxygen atoms in total. The third-order valence-electron chi connectivity index (χ3n) is 2.71. The zero-order valence-corrected chi connectivity index (χ0v) is 12.2. The second-order valence-electron chi connectivity index (χ2n) is 4.84. The number of amides is 1. The van der Waals surface area contributed by atoms with E-state index in [9.17, 15) is 4.79 Å². The summed E-state index contributed by atoms with van der Waals surface area (Å²) in [7, 11) is 0. The number of benzene rings is 1. The van der Waals surface area contributed by atoms with Gasteiger partial charge >= 0.3 is 6.09 Å². The first-order chi connectivity index (χ1) is 9.04. The summed E-state index contributed by atoms with van der Waals surface area (Å²) >= 11 is 0. The van der Waals surface area contributed by atoms with Crippen LogP contribution in [0.3, 0.4) is 0 Å². The van der Waals surface area contributed by atoms with Crippen LogP contribution in [0.4, 0.5) is 10.5 Å². The number of nitrogens with one attached hydrogen (secondary N) is 2. The zero-order valence-electron chi connectivity index (χ0n) is 12.2. The Balaban J connectivity index is 2.75. The van der Waals surface area contributed by atoms with Crippen molar-refractivity contribution >= 4 is 11.8 Å². The van der Waals surface area contributed by atoms with Gasteiger partial charge < -0.3 is 10.1 Å². The van der Waals surface area contributed by atoms with E-state index in [0.717, 1.165) is 24.2 Å². The van der Waals surface area contributed by atoms with Gasteiger partial charge in [0.1, 0.15) is 0 Å². The van der Waals surface area contributed by atoms with Crippen molar-refractivity contribution in [1.82, 2.24) is 5.32 Å². The standard InChI is InChI=1S/C15H24N2O2/c1-5-10-16-12(4)13-8-6-7-9-14(13)17-15(18)19-11(2)3/h6-9,11-12,16H,5,10H2,1-4H3,(H,17,18). The Labute approximate surface area is 115 Å². The summed E-state index contributed by atoms with van der Waals surface area (Å²) in [6.45, 7) is 8.83. The summed E-state index contributed by atoms with van der Waals surface area (Å²) in [5.74, 6) is 0. The first-order valence-corrected chi connectivity index (χ1v) is 6.84. The highest BCUT2D eigenvalue weighted by Crippen LogP contribution is 2.22. The molecule has 0 aliphatic rings. The van der Waals surface area contributed by atoms with Crippen LogP contribution < -0.4 is 10.6 Å². The van der Waals surface area contributed by atoms with E-state index in [1.807, 2.05) is 38.1 Å². The first-order valence-electron chi connectivity index (χ1n) is 6.84. The van der Waals surface area contributed by atoms with Crippen molar-refractivity contribution in [2.24, 2.45) is 0 Å². The van der Waals surface area contributed by atoms with Gasteiger partial charge in [-0.25, -0.2) is 4.79 Å². The van der Waals surface area contributed by atoms with Gasteiger partial charge in [0.25, 0.3) is 0 Å². The van der Waals surface area contributed by atoms with E-state index in [2.05, 4.69) is 24.5 Å². The summed E-state index contributed by atoms with van der Waals surface area (Å²) in [5.41, 5.74) is 1.86. The van der Waals surface area contributed by atoms with E-state index in [-0.39, 0.29) is 12.1 Å². The van der Waals surface area contributed by atoms with Crippen LogP contribution in [0.2, 0.25) is 0 Å². The molecule has 1 aromatic carbocycles. The van der Waals surface area contributed by atoms with E-state index >= 15 is 0 Å². The molecule has 4 heteroatoms. The van der Waals surface area contributed by atoms with Crippen molar-refractivity contribution in [3.63, 3.8) is 0 Å². The molecule has 1 aromatic rings. The molecular formula is C15H24N2O2. The summed E-state index contributed by atoms with van der Waals surface area (Å²) in [4.78, 5) is 11.7. The van der Waals surface area contributed by atoms with Gasteiger partial charge in [0, 0.05) is 11.7 Å². The number of hydrogen-bond donors (Lipinski definition) is 2. The summed E-state index contributed by atoms with van der Waals surface area (Å²) in [5, 5.41) is 6.21. The minimum Gasteiger partial charge on any atom is -0.447 e. The number of para-hydroxylation sites is 1. The second kappa shape index (κ2) is 7.79. The Kier molecular flexibility index (Phi) is 6.36. The number of anilines is 1. The van der Waals surface area contributed by atoms with E-state index < -0.39 is 6.09 Å². The smallest absolute Gasteiger partial charge is 0.411 e. The highest BCUT2D eigenvalue weighted by molar-refractivity contribution is 5.85. The molecule has 106 valence electrons. The quantitative estimate of drug-likeness (QED) is 0.823. The zero-order chi connectivity index (χ0) is 14.3. The monoisotopic (exact) mass is 264 g/mol. The SMILES string of the molecule is CCCNC(C)c1ccccc1NC(=O)OC(C)C. The summed E-state index contributed by atoms with van der Waals surface area (Å²) in [6.07, 6.45) is 0.544. The molecule has 0 saturated heterocycles. The molecule has 1 amide bonds. The molecule has 2 N–H and O–H groups in total. The lowest BCUT2D eigenvalue weighted by Gasteiger charge is -2.18. The molecule has 19 heavy (non-hydrogen) atoms. The minimum absolute atomic E-state index is 0.122. The molecule has 0 radical (unpaired) electrons. The molecule has 0 spiro atoms. The fraction of sp³-hybridized carbons (Fsp3) is 0.533. The van der Waals surface area contributed by atoms with E-state index in [1.54, 1.807) is 0 Å². The lowest BCUT2D eigenvalue weighted by Crippen LogP contribution is -2.23. The van der Waals surface area contributed by atoms with Crippen LogP contribution >= 0.6 is 0 Å². The lowest BCUT2D eigenvalue weighted by atomic mass is 10.1. The maximum absolute atomic E-state index is 11.7. The first kappa shape index (κ1) is 15.5. The fourth-order valence-electron chi connectivity index (χ4n) is 1.81. The van der Waals surface area contributed by atoms with Crippen molar-refractivity contribution in [3.05, 3.63) is 29.8 Å². The van der Waals surface area contributed by atoms with Gasteiger partial charge in [0.05, 0.1) is 6.10 Å². The molecule has 0 heterocycles. The maximum atomic E-state index is 11.7. The molecule has 0 saturated carbocycles. The predicted molar refractivity (Wildman–Crippen MR) is 78.4 cm³/mol. The van der Waals surface area contributed by atoms with Gasteiger partial charge in [-0.15, -0.1) is 0 Å². The molecular weight excluding hydrogens is 240 g/mol. The van der Waals surface area contributed by atoms with Crippen molar-refractivity contribution < 1.29 is 9.53 Å². The maximum Gasteiger partial charge on any atom is 0.411 e. The average molecular weight is 264 g/mol. The third kappa shape index (κ3) is 5.30. The molecule has 0 aromatic heterocycles. The molecule has 1 rings (SSSR count). The van der Waals surface area contributed by atoms with Gasteiger partial charge in [-0.2, -0.15) is 0 Å². The fourth-order valence-corrected chi connectivity index (χ4v) is 1.81. The Morgan fingerprint density at radius 1 is 1.26 bits per heavy atom. The van der Waals surface area contributed by atoms with Crippen molar-refractivity contribution in [2.45, 2.75) is 46.3 Å². The molecule has 0 aliphatic carbocycles. The number of carbonyl (C=O) groups excluding carboxylic acids is 1. The van der Waals surface area contributed by atoms with Crippen molar-refractivity contribution in [1.29, 1.82) is 0 Å². The van der Waals surface area contributed by atoms with Gasteiger partial charge in [-0.1, -0.05) is 25.1 Å². The Bertz CT molecular complexity index is 405. The number of carbonyl (C=O) groups is 1. The average Bonchev–Trinajstić information content (AvgIpc) is 2.35. The van der Waals surface area contributed by atoms with E-state index in [1.165, 1.54) is 0 Å². The minimum atomic E-state index is -0.412. The van der Waals surface area contributed by atoms with Crippen molar-refractivity contribution in [2.75, 3.05) is 11.9 Å². The van der Waals surface area contributed by atoms with E-state index in [0.29, 0.717) is 0 Å². The predicted octanol–water partition coefficient (Wildman–Crippen LogP) is 3.70. The summed E-state index contributed by atoms with van der Waals surface area (Å²) in [6, 6.07) is 7.97. The summed E-state index contributed by atoms with van der Waals surface area (Å²) < 4.78 is 5.10. The molecule has 0 aliphatic heterocycles. The lowest BCUT2D eigenvalue weighted by molar-refractivity contribution is 0.130. The largest absolute Gasteiger partial charge is 0.447 e. The van der Waals surface area contributed by atoms with E-state index in [4.69, 9.17) is 4.74 Å². The second-order valence-corrected chi connectivity index (χ2v) is 4.84. The Hall–Kier alpha value is -1.55. The molecule has 1 atom stereocenters. The van der Waals surface area contributed by atoms with Gasteiger partial charge in [0.15, 0.2) is 0 Å². The van der Waals surface area contributed by atoms with Gasteiger partial charge in [-0.05, 0) is 45.4 Å².